The molecule has 0 saturated heterocycles. The van der Waals surface area contributed by atoms with Gasteiger partial charge in [0.2, 0.25) is 5.91 Å². The van der Waals surface area contributed by atoms with Crippen molar-refractivity contribution < 1.29 is 4.79 Å². The molecule has 0 bridgehead atoms. The third-order valence-corrected chi connectivity index (χ3v) is 5.55. The van der Waals surface area contributed by atoms with Crippen LogP contribution in [0.5, 0.6) is 0 Å². The molecule has 1 heterocycles. The number of hydrogen-bond acceptors (Lipinski definition) is 4. The van der Waals surface area contributed by atoms with Crippen molar-refractivity contribution in [1.82, 2.24) is 14.8 Å². The van der Waals surface area contributed by atoms with Crippen molar-refractivity contribution in [3.05, 3.63) is 15.6 Å². The monoisotopic (exact) mass is 293 g/mol. The first-order chi connectivity index (χ1) is 9.56. The molecule has 1 saturated carbocycles. The normalized spacial score (nSPS) is 21.9. The van der Waals surface area contributed by atoms with E-state index in [9.17, 15) is 4.79 Å². The second-order valence-electron chi connectivity index (χ2n) is 6.10. The first-order valence-corrected chi connectivity index (χ1v) is 8.30. The Morgan fingerprint density at radius 2 is 2.10 bits per heavy atom. The van der Waals surface area contributed by atoms with Crippen LogP contribution in [0.3, 0.4) is 0 Å². The van der Waals surface area contributed by atoms with Gasteiger partial charge in [0.15, 0.2) is 0 Å². The number of amides is 1. The smallest absolute Gasteiger partial charge is 0.236 e. The Hall–Kier alpha value is -0.940. The van der Waals surface area contributed by atoms with E-state index in [0.29, 0.717) is 18.6 Å². The quantitative estimate of drug-likeness (QED) is 0.855. The highest BCUT2D eigenvalue weighted by atomic mass is 32.1. The van der Waals surface area contributed by atoms with E-state index in [1.165, 1.54) is 29.8 Å². The van der Waals surface area contributed by atoms with E-state index >= 15 is 0 Å². The van der Waals surface area contributed by atoms with Crippen LogP contribution in [0.25, 0.3) is 0 Å². The summed E-state index contributed by atoms with van der Waals surface area (Å²) in [5.41, 5.74) is 1.26. The topological polar surface area (TPSA) is 36.4 Å². The maximum atomic E-state index is 12.3. The van der Waals surface area contributed by atoms with Gasteiger partial charge in [-0.1, -0.05) is 0 Å². The van der Waals surface area contributed by atoms with Crippen LogP contribution in [0.2, 0.25) is 0 Å². The summed E-state index contributed by atoms with van der Waals surface area (Å²) in [5, 5.41) is 1.15. The van der Waals surface area contributed by atoms with E-state index < -0.39 is 0 Å². The van der Waals surface area contributed by atoms with Crippen molar-refractivity contribution in [3.63, 3.8) is 0 Å². The first-order valence-electron chi connectivity index (χ1n) is 7.48. The van der Waals surface area contributed by atoms with E-state index in [0.717, 1.165) is 17.8 Å². The number of thiazole rings is 1. The molecule has 1 aromatic rings. The van der Waals surface area contributed by atoms with Crippen molar-refractivity contribution in [3.8, 4) is 0 Å². The van der Waals surface area contributed by atoms with Gasteiger partial charge in [-0.15, -0.1) is 11.3 Å². The molecule has 0 aliphatic heterocycles. The first kappa shape index (κ1) is 14.0. The number of fused-ring (bicyclic) bond motifs is 1. The van der Waals surface area contributed by atoms with Gasteiger partial charge in [0.25, 0.3) is 0 Å². The maximum Gasteiger partial charge on any atom is 0.236 e. The second-order valence-corrected chi connectivity index (χ2v) is 7.34. The second kappa shape index (κ2) is 5.45. The number of hydrogen-bond donors (Lipinski definition) is 0. The van der Waals surface area contributed by atoms with Crippen LogP contribution in [0.4, 0.5) is 0 Å². The maximum absolute atomic E-state index is 12.3. The number of rotatable bonds is 4. The summed E-state index contributed by atoms with van der Waals surface area (Å²) >= 11 is 1.80. The molecule has 0 radical (unpaired) electrons. The number of carbonyl (C=O) groups is 1. The van der Waals surface area contributed by atoms with E-state index in [-0.39, 0.29) is 5.91 Å². The van der Waals surface area contributed by atoms with Crippen molar-refractivity contribution in [2.45, 2.75) is 51.1 Å². The zero-order chi connectivity index (χ0) is 14.3. The van der Waals surface area contributed by atoms with Gasteiger partial charge in [0, 0.05) is 24.0 Å². The average molecular weight is 293 g/mol. The average Bonchev–Trinajstić information content (AvgIpc) is 3.18. The minimum atomic E-state index is 0.253. The lowest BCUT2D eigenvalue weighted by atomic mass is 9.97. The van der Waals surface area contributed by atoms with E-state index in [4.69, 9.17) is 0 Å². The number of likely N-dealkylation sites (N-methyl/N-ethyl adjacent to an activating group) is 2. The standard InChI is InChI=1S/C15H23N3OS/c1-10-16-12-5-4-6-13(15(12)20-10)17(2)9-14(19)18(3)11-7-8-11/h11,13H,4-9H2,1-3H3/t13-/m1/s1. The molecule has 1 atom stereocenters. The number of aromatic nitrogens is 1. The van der Waals surface area contributed by atoms with Gasteiger partial charge >= 0.3 is 0 Å². The fourth-order valence-electron chi connectivity index (χ4n) is 3.04. The molecule has 4 nitrogen and oxygen atoms in total. The molecule has 1 fully saturated rings. The lowest BCUT2D eigenvalue weighted by Gasteiger charge is -2.31. The van der Waals surface area contributed by atoms with Crippen LogP contribution in [-0.4, -0.2) is 47.4 Å². The predicted octanol–water partition coefficient (Wildman–Crippen LogP) is 2.38. The van der Waals surface area contributed by atoms with E-state index in [2.05, 4.69) is 23.9 Å². The molecule has 1 amide bonds. The predicted molar refractivity (Wildman–Crippen MR) is 81.0 cm³/mol. The van der Waals surface area contributed by atoms with Gasteiger partial charge in [-0.3, -0.25) is 9.69 Å². The van der Waals surface area contributed by atoms with Gasteiger partial charge in [-0.25, -0.2) is 4.98 Å². The van der Waals surface area contributed by atoms with Crippen molar-refractivity contribution in [2.24, 2.45) is 0 Å². The summed E-state index contributed by atoms with van der Waals surface area (Å²) in [6.45, 7) is 2.60. The van der Waals surface area contributed by atoms with E-state index in [1.54, 1.807) is 11.3 Å². The molecule has 0 aromatic carbocycles. The molecule has 1 aromatic heterocycles. The molecular formula is C15H23N3OS. The third kappa shape index (κ3) is 2.74. The lowest BCUT2D eigenvalue weighted by molar-refractivity contribution is -0.131. The molecule has 20 heavy (non-hydrogen) atoms. The summed E-state index contributed by atoms with van der Waals surface area (Å²) in [6, 6.07) is 0.880. The fraction of sp³-hybridized carbons (Fsp3) is 0.733. The Balaban J connectivity index is 1.68. The molecule has 2 aliphatic carbocycles. The van der Waals surface area contributed by atoms with Crippen LogP contribution in [0.15, 0.2) is 0 Å². The summed E-state index contributed by atoms with van der Waals surface area (Å²) in [4.78, 5) is 22.4. The minimum Gasteiger partial charge on any atom is -0.342 e. The zero-order valence-corrected chi connectivity index (χ0v) is 13.4. The number of carbonyl (C=O) groups excluding carboxylic acids is 1. The van der Waals surface area contributed by atoms with Crippen LogP contribution in [-0.2, 0) is 11.2 Å². The van der Waals surface area contributed by atoms with Gasteiger partial charge < -0.3 is 4.90 Å². The summed E-state index contributed by atoms with van der Waals surface area (Å²) in [6.07, 6.45) is 5.77. The summed E-state index contributed by atoms with van der Waals surface area (Å²) in [5.74, 6) is 0.253. The molecular weight excluding hydrogens is 270 g/mol. The fourth-order valence-corrected chi connectivity index (χ4v) is 4.21. The van der Waals surface area contributed by atoms with Crippen LogP contribution in [0, 0.1) is 6.92 Å². The minimum absolute atomic E-state index is 0.253. The number of aryl methyl sites for hydroxylation is 2. The van der Waals surface area contributed by atoms with Gasteiger partial charge in [0.05, 0.1) is 17.2 Å². The largest absolute Gasteiger partial charge is 0.342 e. The molecule has 0 spiro atoms. The van der Waals surface area contributed by atoms with Crippen LogP contribution in [0.1, 0.15) is 47.3 Å². The van der Waals surface area contributed by atoms with Crippen molar-refractivity contribution >= 4 is 17.2 Å². The molecule has 3 rings (SSSR count). The Kier molecular flexibility index (Phi) is 3.82. The summed E-state index contributed by atoms with van der Waals surface area (Å²) < 4.78 is 0. The Bertz CT molecular complexity index is 509. The lowest BCUT2D eigenvalue weighted by Crippen LogP contribution is -2.39. The molecule has 110 valence electrons. The molecule has 5 heteroatoms. The highest BCUT2D eigenvalue weighted by molar-refractivity contribution is 7.11. The SMILES string of the molecule is Cc1nc2c(s1)[C@H](N(C)CC(=O)N(C)C1CC1)CCC2. The van der Waals surface area contributed by atoms with Gasteiger partial charge in [0.1, 0.15) is 0 Å². The van der Waals surface area contributed by atoms with Crippen LogP contribution >= 0.6 is 11.3 Å². The van der Waals surface area contributed by atoms with E-state index in [1.807, 2.05) is 11.9 Å². The third-order valence-electron chi connectivity index (χ3n) is 4.43. The highest BCUT2D eigenvalue weighted by Crippen LogP contribution is 2.37. The van der Waals surface area contributed by atoms with Crippen molar-refractivity contribution in [2.75, 3.05) is 20.6 Å². The summed E-state index contributed by atoms with van der Waals surface area (Å²) in [7, 11) is 4.02. The Morgan fingerprint density at radius 3 is 2.80 bits per heavy atom. The highest BCUT2D eigenvalue weighted by Gasteiger charge is 2.32. The Labute approximate surface area is 124 Å². The molecule has 0 N–H and O–H groups in total. The Morgan fingerprint density at radius 1 is 1.35 bits per heavy atom. The van der Waals surface area contributed by atoms with Crippen LogP contribution < -0.4 is 0 Å². The zero-order valence-electron chi connectivity index (χ0n) is 12.6. The molecule has 0 unspecified atom stereocenters. The van der Waals surface area contributed by atoms with Gasteiger partial charge in [-0.2, -0.15) is 0 Å². The van der Waals surface area contributed by atoms with Gasteiger partial charge in [-0.05, 0) is 46.1 Å². The molecule has 2 aliphatic rings. The number of nitrogens with zero attached hydrogens (tertiary/aromatic N) is 3. The van der Waals surface area contributed by atoms with Crippen molar-refractivity contribution in [1.29, 1.82) is 0 Å².